The minimum Gasteiger partial charge on any atom is -0.466 e. The van der Waals surface area contributed by atoms with Crippen molar-refractivity contribution in [3.8, 4) is 0 Å². The molecule has 1 saturated heterocycles. The first-order valence-electron chi connectivity index (χ1n) is 7.22. The van der Waals surface area contributed by atoms with Gasteiger partial charge in [0.15, 0.2) is 4.34 Å². The standard InChI is InChI=1S/C13H20N4O3S2/c1-3-20-11(19)9-4-6-17(7-5-9)10(18)8(2)21-13-16-15-12(14)22-13/h8-9H,3-7H2,1-2H3,(H2,14,15). The number of hydrogen-bond donors (Lipinski definition) is 1. The summed E-state index contributed by atoms with van der Waals surface area (Å²) in [5.74, 6) is -0.183. The third kappa shape index (κ3) is 4.33. The lowest BCUT2D eigenvalue weighted by atomic mass is 9.97. The van der Waals surface area contributed by atoms with Crippen LogP contribution in [0.25, 0.3) is 0 Å². The maximum atomic E-state index is 12.4. The van der Waals surface area contributed by atoms with Gasteiger partial charge in [-0.2, -0.15) is 0 Å². The van der Waals surface area contributed by atoms with Gasteiger partial charge in [-0.3, -0.25) is 9.59 Å². The molecule has 0 saturated carbocycles. The smallest absolute Gasteiger partial charge is 0.309 e. The zero-order valence-electron chi connectivity index (χ0n) is 12.7. The summed E-state index contributed by atoms with van der Waals surface area (Å²) in [6, 6.07) is 0. The molecule has 0 bridgehead atoms. The van der Waals surface area contributed by atoms with Crippen LogP contribution in [0.2, 0.25) is 0 Å². The van der Waals surface area contributed by atoms with Crippen LogP contribution in [0.4, 0.5) is 5.13 Å². The Kier molecular flexibility index (Phi) is 6.01. The molecule has 122 valence electrons. The van der Waals surface area contributed by atoms with Gasteiger partial charge >= 0.3 is 5.97 Å². The number of carbonyl (C=O) groups excluding carboxylic acids is 2. The predicted octanol–water partition coefficient (Wildman–Crippen LogP) is 1.40. The van der Waals surface area contributed by atoms with E-state index in [2.05, 4.69) is 10.2 Å². The molecular weight excluding hydrogens is 324 g/mol. The van der Waals surface area contributed by atoms with E-state index in [9.17, 15) is 9.59 Å². The Hall–Kier alpha value is -1.35. The van der Waals surface area contributed by atoms with Crippen LogP contribution in [0, 0.1) is 5.92 Å². The summed E-state index contributed by atoms with van der Waals surface area (Å²) in [5, 5.41) is 7.81. The molecule has 0 spiro atoms. The molecule has 2 rings (SSSR count). The molecule has 1 aliphatic rings. The Morgan fingerprint density at radius 2 is 2.14 bits per heavy atom. The fourth-order valence-corrected chi connectivity index (χ4v) is 4.19. The van der Waals surface area contributed by atoms with Gasteiger partial charge in [-0.1, -0.05) is 23.1 Å². The Morgan fingerprint density at radius 1 is 1.45 bits per heavy atom. The molecule has 0 aliphatic carbocycles. The van der Waals surface area contributed by atoms with Gasteiger partial charge in [0.25, 0.3) is 0 Å². The van der Waals surface area contributed by atoms with Crippen molar-refractivity contribution in [3.63, 3.8) is 0 Å². The minimum absolute atomic E-state index is 0.0566. The second-order valence-electron chi connectivity index (χ2n) is 5.02. The molecule has 1 aromatic rings. The van der Waals surface area contributed by atoms with Gasteiger partial charge in [0.05, 0.1) is 17.8 Å². The van der Waals surface area contributed by atoms with Crippen LogP contribution < -0.4 is 5.73 Å². The quantitative estimate of drug-likeness (QED) is 0.637. The van der Waals surface area contributed by atoms with Crippen molar-refractivity contribution in [1.29, 1.82) is 0 Å². The molecule has 0 radical (unpaired) electrons. The van der Waals surface area contributed by atoms with Crippen molar-refractivity contribution in [2.24, 2.45) is 5.92 Å². The molecule has 2 heterocycles. The average molecular weight is 344 g/mol. The number of nitrogen functional groups attached to an aromatic ring is 1. The number of carbonyl (C=O) groups is 2. The van der Waals surface area contributed by atoms with Gasteiger partial charge in [0, 0.05) is 13.1 Å². The van der Waals surface area contributed by atoms with E-state index in [1.807, 2.05) is 6.92 Å². The molecule has 2 N–H and O–H groups in total. The largest absolute Gasteiger partial charge is 0.466 e. The second kappa shape index (κ2) is 7.77. The topological polar surface area (TPSA) is 98.4 Å². The Bertz CT molecular complexity index is 529. The van der Waals surface area contributed by atoms with E-state index in [4.69, 9.17) is 10.5 Å². The maximum absolute atomic E-state index is 12.4. The number of likely N-dealkylation sites (tertiary alicyclic amines) is 1. The van der Waals surface area contributed by atoms with Crippen molar-refractivity contribution >= 4 is 40.1 Å². The van der Waals surface area contributed by atoms with E-state index in [0.717, 1.165) is 0 Å². The van der Waals surface area contributed by atoms with Crippen LogP contribution in [-0.2, 0) is 14.3 Å². The van der Waals surface area contributed by atoms with Gasteiger partial charge in [0.1, 0.15) is 0 Å². The van der Waals surface area contributed by atoms with Gasteiger partial charge in [-0.25, -0.2) is 0 Å². The lowest BCUT2D eigenvalue weighted by Gasteiger charge is -2.32. The zero-order chi connectivity index (χ0) is 16.1. The second-order valence-corrected chi connectivity index (χ2v) is 7.61. The highest BCUT2D eigenvalue weighted by atomic mass is 32.2. The first kappa shape index (κ1) is 17.0. The Balaban J connectivity index is 1.82. The number of nitrogens with zero attached hydrogens (tertiary/aromatic N) is 3. The van der Waals surface area contributed by atoms with Gasteiger partial charge < -0.3 is 15.4 Å². The van der Waals surface area contributed by atoms with E-state index in [1.54, 1.807) is 11.8 Å². The van der Waals surface area contributed by atoms with Crippen molar-refractivity contribution in [1.82, 2.24) is 15.1 Å². The molecule has 9 heteroatoms. The molecule has 1 aromatic heterocycles. The minimum atomic E-state index is -0.244. The highest BCUT2D eigenvalue weighted by molar-refractivity contribution is 8.02. The first-order valence-corrected chi connectivity index (χ1v) is 8.92. The van der Waals surface area contributed by atoms with Crippen molar-refractivity contribution in [3.05, 3.63) is 0 Å². The predicted molar refractivity (Wildman–Crippen MR) is 85.6 cm³/mol. The number of anilines is 1. The number of esters is 1. The van der Waals surface area contributed by atoms with E-state index in [-0.39, 0.29) is 23.0 Å². The summed E-state index contributed by atoms with van der Waals surface area (Å²) in [5.41, 5.74) is 5.53. The number of rotatable bonds is 5. The van der Waals surface area contributed by atoms with Gasteiger partial charge in [-0.05, 0) is 26.7 Å². The number of hydrogen-bond acceptors (Lipinski definition) is 8. The fraction of sp³-hybridized carbons (Fsp3) is 0.692. The molecule has 1 fully saturated rings. The molecule has 1 aliphatic heterocycles. The fourth-order valence-electron chi connectivity index (χ4n) is 2.32. The lowest BCUT2D eigenvalue weighted by molar-refractivity contribution is -0.151. The van der Waals surface area contributed by atoms with E-state index in [1.165, 1.54) is 23.1 Å². The monoisotopic (exact) mass is 344 g/mol. The van der Waals surface area contributed by atoms with Crippen LogP contribution >= 0.6 is 23.1 Å². The molecule has 22 heavy (non-hydrogen) atoms. The SMILES string of the molecule is CCOC(=O)C1CCN(C(=O)C(C)Sc2nnc(N)s2)CC1. The number of ether oxygens (including phenoxy) is 1. The lowest BCUT2D eigenvalue weighted by Crippen LogP contribution is -2.43. The average Bonchev–Trinajstić information content (AvgIpc) is 2.92. The van der Waals surface area contributed by atoms with Crippen LogP contribution in [0.3, 0.4) is 0 Å². The summed E-state index contributed by atoms with van der Waals surface area (Å²) >= 11 is 2.64. The summed E-state index contributed by atoms with van der Waals surface area (Å²) < 4.78 is 5.73. The molecule has 1 unspecified atom stereocenters. The van der Waals surface area contributed by atoms with E-state index in [0.29, 0.717) is 42.0 Å². The van der Waals surface area contributed by atoms with Gasteiger partial charge in [-0.15, -0.1) is 10.2 Å². The van der Waals surface area contributed by atoms with Gasteiger partial charge in [0.2, 0.25) is 11.0 Å². The summed E-state index contributed by atoms with van der Waals surface area (Å²) in [6.45, 7) is 5.23. The third-order valence-electron chi connectivity index (χ3n) is 3.47. The number of amides is 1. The first-order chi connectivity index (χ1) is 10.5. The van der Waals surface area contributed by atoms with Crippen LogP contribution in [0.15, 0.2) is 4.34 Å². The summed E-state index contributed by atoms with van der Waals surface area (Å²) in [4.78, 5) is 25.9. The Labute approximate surface area is 137 Å². The number of piperidine rings is 1. The van der Waals surface area contributed by atoms with Crippen molar-refractivity contribution < 1.29 is 14.3 Å². The molecule has 1 atom stereocenters. The third-order valence-corrected chi connectivity index (χ3v) is 5.40. The van der Waals surface area contributed by atoms with Crippen LogP contribution in [-0.4, -0.2) is 51.9 Å². The van der Waals surface area contributed by atoms with Crippen LogP contribution in [0.5, 0.6) is 0 Å². The van der Waals surface area contributed by atoms with Crippen molar-refractivity contribution in [2.75, 3.05) is 25.4 Å². The molecule has 1 amide bonds. The number of aromatic nitrogens is 2. The number of nitrogens with two attached hydrogens (primary N) is 1. The van der Waals surface area contributed by atoms with Crippen LogP contribution in [0.1, 0.15) is 26.7 Å². The van der Waals surface area contributed by atoms with Crippen molar-refractivity contribution in [2.45, 2.75) is 36.3 Å². The zero-order valence-corrected chi connectivity index (χ0v) is 14.3. The summed E-state index contributed by atoms with van der Waals surface area (Å²) in [7, 11) is 0. The molecule has 0 aromatic carbocycles. The van der Waals surface area contributed by atoms with E-state index < -0.39 is 0 Å². The normalized spacial score (nSPS) is 17.3. The maximum Gasteiger partial charge on any atom is 0.309 e. The van der Waals surface area contributed by atoms with E-state index >= 15 is 0 Å². The molecular formula is C13H20N4O3S2. The Morgan fingerprint density at radius 3 is 2.68 bits per heavy atom. The number of thioether (sulfide) groups is 1. The molecule has 7 nitrogen and oxygen atoms in total. The summed E-state index contributed by atoms with van der Waals surface area (Å²) in [6.07, 6.45) is 1.32. The highest BCUT2D eigenvalue weighted by Gasteiger charge is 2.30. The highest BCUT2D eigenvalue weighted by Crippen LogP contribution is 2.29.